The number of rotatable bonds is 11. The summed E-state index contributed by atoms with van der Waals surface area (Å²) in [5.74, 6) is -1.02. The van der Waals surface area contributed by atoms with Crippen LogP contribution in [0.4, 0.5) is 0 Å². The Morgan fingerprint density at radius 2 is 1.62 bits per heavy atom. The van der Waals surface area contributed by atoms with Crippen LogP contribution in [0.15, 0.2) is 30.3 Å². The number of hydrogen-bond donors (Lipinski definition) is 5. The van der Waals surface area contributed by atoms with E-state index in [1.165, 1.54) is 0 Å². The highest BCUT2D eigenvalue weighted by atomic mass is 16.5. The van der Waals surface area contributed by atoms with Crippen LogP contribution < -0.4 is 5.32 Å². The van der Waals surface area contributed by atoms with Gasteiger partial charge in [-0.05, 0) is 12.0 Å². The lowest BCUT2D eigenvalue weighted by Crippen LogP contribution is -2.48. The van der Waals surface area contributed by atoms with Crippen LogP contribution in [0.25, 0.3) is 0 Å². The Labute approximate surface area is 152 Å². The van der Waals surface area contributed by atoms with Crippen LogP contribution in [0.2, 0.25) is 0 Å². The van der Waals surface area contributed by atoms with Gasteiger partial charge >= 0.3 is 5.97 Å². The number of hydrogen-bond acceptors (Lipinski definition) is 7. The minimum atomic E-state index is -1.60. The van der Waals surface area contributed by atoms with Gasteiger partial charge in [0.1, 0.15) is 18.8 Å². The third-order valence-corrected chi connectivity index (χ3v) is 3.86. The fourth-order valence-corrected chi connectivity index (χ4v) is 2.15. The first kappa shape index (κ1) is 22.0. The van der Waals surface area contributed by atoms with Crippen LogP contribution in [0.1, 0.15) is 31.7 Å². The van der Waals surface area contributed by atoms with Crippen LogP contribution in [-0.4, -0.2) is 63.3 Å². The molecule has 0 saturated heterocycles. The minimum absolute atomic E-state index is 0.117. The van der Waals surface area contributed by atoms with Gasteiger partial charge in [0.15, 0.2) is 0 Å². The lowest BCUT2D eigenvalue weighted by Gasteiger charge is -2.26. The molecule has 8 heteroatoms. The van der Waals surface area contributed by atoms with Crippen LogP contribution in [0.3, 0.4) is 0 Å². The van der Waals surface area contributed by atoms with Crippen LogP contribution in [-0.2, 0) is 20.9 Å². The van der Waals surface area contributed by atoms with E-state index in [0.717, 1.165) is 5.56 Å². The van der Waals surface area contributed by atoms with Crippen molar-refractivity contribution in [1.29, 1.82) is 0 Å². The van der Waals surface area contributed by atoms with Gasteiger partial charge in [-0.25, -0.2) is 0 Å². The predicted molar refractivity (Wildman–Crippen MR) is 92.8 cm³/mol. The summed E-state index contributed by atoms with van der Waals surface area (Å²) in [5.41, 5.74) is 0.843. The predicted octanol–water partition coefficient (Wildman–Crippen LogP) is -0.520. The van der Waals surface area contributed by atoms with Crippen molar-refractivity contribution in [1.82, 2.24) is 5.32 Å². The van der Waals surface area contributed by atoms with E-state index in [0.29, 0.717) is 0 Å². The highest BCUT2D eigenvalue weighted by molar-refractivity contribution is 5.81. The van der Waals surface area contributed by atoms with Crippen molar-refractivity contribution < 1.29 is 34.8 Å². The quantitative estimate of drug-likeness (QED) is 0.331. The summed E-state index contributed by atoms with van der Waals surface area (Å²) >= 11 is 0. The smallest absolute Gasteiger partial charge is 0.306 e. The molecule has 0 radical (unpaired) electrons. The van der Waals surface area contributed by atoms with Crippen molar-refractivity contribution in [2.24, 2.45) is 0 Å². The highest BCUT2D eigenvalue weighted by Crippen LogP contribution is 2.07. The Balaban J connectivity index is 2.24. The number of carbonyl (C=O) groups excluding carboxylic acids is 2. The summed E-state index contributed by atoms with van der Waals surface area (Å²) in [4.78, 5) is 23.3. The van der Waals surface area contributed by atoms with Crippen molar-refractivity contribution in [2.75, 3.05) is 6.54 Å². The molecule has 4 unspecified atom stereocenters. The van der Waals surface area contributed by atoms with Crippen molar-refractivity contribution in [3.05, 3.63) is 35.9 Å². The van der Waals surface area contributed by atoms with Crippen LogP contribution >= 0.6 is 0 Å². The molecule has 0 aliphatic heterocycles. The standard InChI is InChI=1S/C18H27NO7/c1-2-13(20)17(24)18(25)14(21)10-19-15(22)8-9-16(23)26-11-12-6-4-3-5-7-12/h3-7,13-14,17-18,20-21,24-25H,2,8-11H2,1H3,(H,19,22). The molecule has 146 valence electrons. The zero-order valence-electron chi connectivity index (χ0n) is 14.7. The van der Waals surface area contributed by atoms with Gasteiger partial charge in [0.25, 0.3) is 0 Å². The molecule has 1 rings (SSSR count). The topological polar surface area (TPSA) is 136 Å². The second kappa shape index (κ2) is 11.6. The molecule has 0 bridgehead atoms. The van der Waals surface area contributed by atoms with E-state index in [-0.39, 0.29) is 32.4 Å². The van der Waals surface area contributed by atoms with Crippen molar-refractivity contribution in [2.45, 2.75) is 57.2 Å². The van der Waals surface area contributed by atoms with E-state index in [9.17, 15) is 30.0 Å². The second-order valence-corrected chi connectivity index (χ2v) is 5.97. The van der Waals surface area contributed by atoms with Gasteiger partial charge in [0.2, 0.25) is 5.91 Å². The van der Waals surface area contributed by atoms with Crippen molar-refractivity contribution in [3.8, 4) is 0 Å². The fraction of sp³-hybridized carbons (Fsp3) is 0.556. The zero-order chi connectivity index (χ0) is 19.5. The Morgan fingerprint density at radius 3 is 2.23 bits per heavy atom. The number of esters is 1. The maximum atomic E-state index is 11.7. The third kappa shape index (κ3) is 7.92. The lowest BCUT2D eigenvalue weighted by molar-refractivity contribution is -0.146. The number of ether oxygens (including phenoxy) is 1. The molecular weight excluding hydrogens is 342 g/mol. The van der Waals surface area contributed by atoms with E-state index in [1.807, 2.05) is 30.3 Å². The number of aliphatic hydroxyl groups is 4. The average molecular weight is 369 g/mol. The molecule has 0 aromatic heterocycles. The summed E-state index contributed by atoms with van der Waals surface area (Å²) in [7, 11) is 0. The third-order valence-electron chi connectivity index (χ3n) is 3.86. The minimum Gasteiger partial charge on any atom is -0.461 e. The monoisotopic (exact) mass is 369 g/mol. The van der Waals surface area contributed by atoms with E-state index in [1.54, 1.807) is 6.92 Å². The molecule has 0 aliphatic rings. The fourth-order valence-electron chi connectivity index (χ4n) is 2.15. The van der Waals surface area contributed by atoms with E-state index in [4.69, 9.17) is 4.74 Å². The number of nitrogens with one attached hydrogen (secondary N) is 1. The van der Waals surface area contributed by atoms with E-state index in [2.05, 4.69) is 5.32 Å². The Morgan fingerprint density at radius 1 is 1.00 bits per heavy atom. The largest absolute Gasteiger partial charge is 0.461 e. The van der Waals surface area contributed by atoms with Gasteiger partial charge in [-0.15, -0.1) is 0 Å². The van der Waals surface area contributed by atoms with E-state index < -0.39 is 36.3 Å². The molecule has 4 atom stereocenters. The van der Waals surface area contributed by atoms with Crippen molar-refractivity contribution in [3.63, 3.8) is 0 Å². The SMILES string of the molecule is CCC(O)C(O)C(O)C(O)CNC(=O)CCC(=O)OCc1ccccc1. The first-order chi connectivity index (χ1) is 12.3. The van der Waals surface area contributed by atoms with Gasteiger partial charge in [0.05, 0.1) is 18.6 Å². The van der Waals surface area contributed by atoms with Gasteiger partial charge in [-0.1, -0.05) is 37.3 Å². The molecule has 0 spiro atoms. The summed E-state index contributed by atoms with van der Waals surface area (Å²) < 4.78 is 5.04. The lowest BCUT2D eigenvalue weighted by atomic mass is 10.0. The zero-order valence-corrected chi connectivity index (χ0v) is 14.7. The number of carbonyl (C=O) groups is 2. The molecular formula is C18H27NO7. The molecule has 26 heavy (non-hydrogen) atoms. The molecule has 0 saturated carbocycles. The molecule has 0 heterocycles. The Bertz CT molecular complexity index is 552. The summed E-state index contributed by atoms with van der Waals surface area (Å²) in [6.45, 7) is 1.43. The first-order valence-corrected chi connectivity index (χ1v) is 8.53. The highest BCUT2D eigenvalue weighted by Gasteiger charge is 2.29. The number of amides is 1. The molecule has 1 aromatic carbocycles. The molecule has 1 aromatic rings. The van der Waals surface area contributed by atoms with Gasteiger partial charge in [-0.3, -0.25) is 9.59 Å². The molecule has 8 nitrogen and oxygen atoms in total. The molecule has 1 amide bonds. The Kier molecular flexibility index (Phi) is 9.82. The summed E-state index contributed by atoms with van der Waals surface area (Å²) in [5, 5.41) is 40.9. The first-order valence-electron chi connectivity index (χ1n) is 8.53. The normalized spacial score (nSPS) is 15.6. The average Bonchev–Trinajstić information content (AvgIpc) is 2.67. The van der Waals surface area contributed by atoms with Crippen LogP contribution in [0.5, 0.6) is 0 Å². The maximum Gasteiger partial charge on any atom is 0.306 e. The Hall–Kier alpha value is -2.00. The summed E-state index contributed by atoms with van der Waals surface area (Å²) in [6, 6.07) is 9.13. The van der Waals surface area contributed by atoms with Gasteiger partial charge in [0, 0.05) is 13.0 Å². The number of aliphatic hydroxyl groups excluding tert-OH is 4. The maximum absolute atomic E-state index is 11.7. The molecule has 5 N–H and O–H groups in total. The van der Waals surface area contributed by atoms with E-state index >= 15 is 0 Å². The number of benzene rings is 1. The van der Waals surface area contributed by atoms with Crippen LogP contribution in [0, 0.1) is 0 Å². The second-order valence-electron chi connectivity index (χ2n) is 5.97. The summed E-state index contributed by atoms with van der Waals surface area (Å²) in [6.07, 6.45) is -5.76. The van der Waals surface area contributed by atoms with Gasteiger partial charge in [-0.2, -0.15) is 0 Å². The molecule has 0 fully saturated rings. The van der Waals surface area contributed by atoms with Gasteiger partial charge < -0.3 is 30.5 Å². The van der Waals surface area contributed by atoms with Crippen molar-refractivity contribution >= 4 is 11.9 Å². The molecule has 0 aliphatic carbocycles.